The molecule has 0 radical (unpaired) electrons. The summed E-state index contributed by atoms with van der Waals surface area (Å²) < 4.78 is 6.56. The van der Waals surface area contributed by atoms with Gasteiger partial charge in [-0.3, -0.25) is 4.79 Å². The lowest BCUT2D eigenvalue weighted by Crippen LogP contribution is -2.12. The lowest BCUT2D eigenvalue weighted by molar-refractivity contribution is 0.0996. The summed E-state index contributed by atoms with van der Waals surface area (Å²) in [4.78, 5) is 15.4. The van der Waals surface area contributed by atoms with Crippen LogP contribution in [-0.4, -0.2) is 33.9 Å². The Hall–Kier alpha value is -2.70. The van der Waals surface area contributed by atoms with Gasteiger partial charge in [0.15, 0.2) is 17.9 Å². The molecule has 0 aliphatic carbocycles. The van der Waals surface area contributed by atoms with Gasteiger partial charge in [0.2, 0.25) is 0 Å². The number of hydrogen-bond donors (Lipinski definition) is 1. The molecule has 0 saturated carbocycles. The van der Waals surface area contributed by atoms with E-state index in [0.29, 0.717) is 13.2 Å². The predicted octanol–water partition coefficient (Wildman–Crippen LogP) is 1.43. The monoisotopic (exact) mass is 287 g/mol. The van der Waals surface area contributed by atoms with Gasteiger partial charge in [-0.2, -0.15) is 4.99 Å². The van der Waals surface area contributed by atoms with Crippen LogP contribution in [0.3, 0.4) is 0 Å². The van der Waals surface area contributed by atoms with Crippen molar-refractivity contribution in [2.45, 2.75) is 20.4 Å². The summed E-state index contributed by atoms with van der Waals surface area (Å²) in [7, 11) is 0. The molecule has 0 aliphatic heterocycles. The molecule has 1 aromatic heterocycles. The first-order valence-corrected chi connectivity index (χ1v) is 6.54. The number of aromatic nitrogens is 3. The first-order valence-electron chi connectivity index (χ1n) is 6.54. The van der Waals surface area contributed by atoms with E-state index in [0.717, 1.165) is 5.56 Å². The predicted molar refractivity (Wildman–Crippen MR) is 78.6 cm³/mol. The van der Waals surface area contributed by atoms with Crippen LogP contribution in [0.2, 0.25) is 0 Å². The fourth-order valence-corrected chi connectivity index (χ4v) is 1.73. The molecule has 110 valence electrons. The Morgan fingerprint density at radius 1 is 1.43 bits per heavy atom. The molecule has 2 aromatic rings. The molecular weight excluding hydrogens is 270 g/mol. The number of hydrogen-bond acceptors (Lipinski definition) is 5. The molecule has 21 heavy (non-hydrogen) atoms. The van der Waals surface area contributed by atoms with E-state index in [4.69, 9.17) is 10.5 Å². The summed E-state index contributed by atoms with van der Waals surface area (Å²) in [6.07, 6.45) is 1.26. The molecular formula is C14H17N5O2. The van der Waals surface area contributed by atoms with Gasteiger partial charge in [0.05, 0.1) is 13.2 Å². The molecule has 0 aliphatic rings. The van der Waals surface area contributed by atoms with Crippen LogP contribution in [-0.2, 0) is 11.3 Å². The van der Waals surface area contributed by atoms with Gasteiger partial charge in [0.1, 0.15) is 0 Å². The number of benzene rings is 1. The highest BCUT2D eigenvalue weighted by Crippen LogP contribution is 2.17. The summed E-state index contributed by atoms with van der Waals surface area (Å²) >= 11 is 0. The van der Waals surface area contributed by atoms with Crippen LogP contribution in [0.25, 0.3) is 0 Å². The Kier molecular flexibility index (Phi) is 4.65. The van der Waals surface area contributed by atoms with Crippen molar-refractivity contribution in [1.82, 2.24) is 15.0 Å². The third kappa shape index (κ3) is 3.65. The molecule has 7 nitrogen and oxygen atoms in total. The van der Waals surface area contributed by atoms with Crippen LogP contribution in [0.4, 0.5) is 5.82 Å². The number of carbonyl (C=O) groups is 1. The number of nitrogens with two attached hydrogens (primary N) is 1. The van der Waals surface area contributed by atoms with Gasteiger partial charge in [0.25, 0.3) is 5.91 Å². The third-order valence-electron chi connectivity index (χ3n) is 2.81. The van der Waals surface area contributed by atoms with Crippen LogP contribution < -0.4 is 5.73 Å². The zero-order chi connectivity index (χ0) is 15.2. The number of primary amides is 1. The highest BCUT2D eigenvalue weighted by atomic mass is 16.5. The smallest absolute Gasteiger partial charge is 0.273 e. The van der Waals surface area contributed by atoms with Gasteiger partial charge in [-0.05, 0) is 19.4 Å². The maximum Gasteiger partial charge on any atom is 0.273 e. The standard InChI is InChI=1S/C14H17N5O2/c1-3-21-9-16-14-12(13(15)20)17-18-19(14)8-11-6-4-10(2)5-7-11/h4-7,9H,3,8H2,1-2H3,(H2,15,20). The van der Waals surface area contributed by atoms with Crippen LogP contribution in [0.5, 0.6) is 0 Å². The first kappa shape index (κ1) is 14.7. The van der Waals surface area contributed by atoms with Crippen LogP contribution in [0.15, 0.2) is 29.3 Å². The number of carbonyl (C=O) groups excluding carboxylic acids is 1. The second-order valence-corrected chi connectivity index (χ2v) is 4.46. The minimum absolute atomic E-state index is 0.0260. The van der Waals surface area contributed by atoms with Crippen LogP contribution in [0.1, 0.15) is 28.5 Å². The summed E-state index contributed by atoms with van der Waals surface area (Å²) in [5, 5.41) is 7.71. The van der Waals surface area contributed by atoms with E-state index in [1.54, 1.807) is 0 Å². The second-order valence-electron chi connectivity index (χ2n) is 4.46. The van der Waals surface area contributed by atoms with E-state index in [9.17, 15) is 4.79 Å². The van der Waals surface area contributed by atoms with Gasteiger partial charge in [-0.25, -0.2) is 4.68 Å². The van der Waals surface area contributed by atoms with Gasteiger partial charge in [0, 0.05) is 0 Å². The molecule has 0 atom stereocenters. The molecule has 0 saturated heterocycles. The normalized spacial score (nSPS) is 11.0. The Labute approximate surface area is 122 Å². The molecule has 7 heteroatoms. The number of aliphatic imine (C=N–C) groups is 1. The minimum Gasteiger partial charge on any atom is -0.483 e. The van der Waals surface area contributed by atoms with Crippen LogP contribution in [0, 0.1) is 6.92 Å². The maximum atomic E-state index is 11.4. The van der Waals surface area contributed by atoms with Gasteiger partial charge in [-0.15, -0.1) is 5.10 Å². The number of ether oxygens (including phenoxy) is 1. The van der Waals surface area contributed by atoms with Crippen molar-refractivity contribution >= 4 is 18.1 Å². The van der Waals surface area contributed by atoms with Crippen molar-refractivity contribution in [2.75, 3.05) is 6.61 Å². The highest BCUT2D eigenvalue weighted by Gasteiger charge is 2.16. The quantitative estimate of drug-likeness (QED) is 0.642. The van der Waals surface area contributed by atoms with Crippen molar-refractivity contribution < 1.29 is 9.53 Å². The summed E-state index contributed by atoms with van der Waals surface area (Å²) in [5.74, 6) is -0.384. The molecule has 0 fully saturated rings. The van der Waals surface area contributed by atoms with Crippen molar-refractivity contribution in [1.29, 1.82) is 0 Å². The van der Waals surface area contributed by atoms with E-state index in [1.165, 1.54) is 16.6 Å². The Bertz CT molecular complexity index is 646. The molecule has 1 heterocycles. The summed E-state index contributed by atoms with van der Waals surface area (Å²) in [6, 6.07) is 7.97. The van der Waals surface area contributed by atoms with Gasteiger partial charge in [-0.1, -0.05) is 35.0 Å². The number of rotatable bonds is 6. The Morgan fingerprint density at radius 3 is 2.76 bits per heavy atom. The average Bonchev–Trinajstić information content (AvgIpc) is 2.85. The molecule has 1 amide bonds. The van der Waals surface area contributed by atoms with E-state index >= 15 is 0 Å². The van der Waals surface area contributed by atoms with Gasteiger partial charge < -0.3 is 10.5 Å². The first-order chi connectivity index (χ1) is 10.1. The molecule has 0 bridgehead atoms. The Balaban J connectivity index is 2.29. The largest absolute Gasteiger partial charge is 0.483 e. The minimum atomic E-state index is -0.672. The van der Waals surface area contributed by atoms with Crippen LogP contribution >= 0.6 is 0 Å². The second kappa shape index (κ2) is 6.65. The molecule has 2 N–H and O–H groups in total. The number of aryl methyl sites for hydroxylation is 1. The topological polar surface area (TPSA) is 95.4 Å². The maximum absolute atomic E-state index is 11.4. The Morgan fingerprint density at radius 2 is 2.14 bits per heavy atom. The molecule has 2 rings (SSSR count). The fraction of sp³-hybridized carbons (Fsp3) is 0.286. The highest BCUT2D eigenvalue weighted by molar-refractivity contribution is 5.95. The SMILES string of the molecule is CCOC=Nc1c(C(N)=O)nnn1Cc1ccc(C)cc1. The van der Waals surface area contributed by atoms with E-state index in [1.807, 2.05) is 38.1 Å². The third-order valence-corrected chi connectivity index (χ3v) is 2.81. The van der Waals surface area contributed by atoms with Crippen molar-refractivity contribution in [3.8, 4) is 0 Å². The lowest BCUT2D eigenvalue weighted by atomic mass is 10.1. The van der Waals surface area contributed by atoms with E-state index in [-0.39, 0.29) is 11.5 Å². The van der Waals surface area contributed by atoms with E-state index < -0.39 is 5.91 Å². The number of nitrogens with zero attached hydrogens (tertiary/aromatic N) is 4. The van der Waals surface area contributed by atoms with Crippen molar-refractivity contribution in [3.63, 3.8) is 0 Å². The summed E-state index contributed by atoms with van der Waals surface area (Å²) in [5.41, 5.74) is 7.50. The zero-order valence-corrected chi connectivity index (χ0v) is 12.0. The number of amides is 1. The van der Waals surface area contributed by atoms with Crippen molar-refractivity contribution in [2.24, 2.45) is 10.7 Å². The molecule has 1 aromatic carbocycles. The average molecular weight is 287 g/mol. The lowest BCUT2D eigenvalue weighted by Gasteiger charge is -2.04. The van der Waals surface area contributed by atoms with E-state index in [2.05, 4.69) is 15.3 Å². The summed E-state index contributed by atoms with van der Waals surface area (Å²) in [6.45, 7) is 4.78. The fourth-order valence-electron chi connectivity index (χ4n) is 1.73. The van der Waals surface area contributed by atoms with Crippen molar-refractivity contribution in [3.05, 3.63) is 41.1 Å². The zero-order valence-electron chi connectivity index (χ0n) is 12.0. The molecule has 0 spiro atoms. The molecule has 0 unspecified atom stereocenters. The van der Waals surface area contributed by atoms with Gasteiger partial charge >= 0.3 is 0 Å².